The molecule has 0 aromatic carbocycles. The van der Waals surface area contributed by atoms with Crippen LogP contribution in [0.2, 0.25) is 0 Å². The number of rotatable bonds is 2. The van der Waals surface area contributed by atoms with Gasteiger partial charge in [-0.3, -0.25) is 4.79 Å². The summed E-state index contributed by atoms with van der Waals surface area (Å²) in [4.78, 5) is 10.7. The van der Waals surface area contributed by atoms with Crippen LogP contribution in [0.1, 0.15) is 17.8 Å². The molecule has 4 nitrogen and oxygen atoms in total. The summed E-state index contributed by atoms with van der Waals surface area (Å²) in [7, 11) is 0. The molecule has 0 atom stereocenters. The highest BCUT2D eigenvalue weighted by atomic mass is 32.1. The molecule has 0 radical (unpaired) electrons. The molecule has 0 spiro atoms. The number of carboxylic acid groups (broad SMARTS) is 1. The van der Waals surface area contributed by atoms with Crippen molar-refractivity contribution >= 4 is 17.3 Å². The third-order valence-electron chi connectivity index (χ3n) is 1.93. The van der Waals surface area contributed by atoms with E-state index in [1.54, 1.807) is 5.51 Å². The van der Waals surface area contributed by atoms with Crippen LogP contribution in [0.5, 0.6) is 0 Å². The monoisotopic (exact) mass is 170 g/mol. The van der Waals surface area contributed by atoms with Gasteiger partial charge in [0.1, 0.15) is 15.9 Å². The molecule has 1 aromatic rings. The van der Waals surface area contributed by atoms with Gasteiger partial charge in [-0.15, -0.1) is 21.5 Å². The molecule has 0 bridgehead atoms. The van der Waals surface area contributed by atoms with Crippen LogP contribution in [0, 0.1) is 0 Å². The zero-order valence-electron chi connectivity index (χ0n) is 5.65. The van der Waals surface area contributed by atoms with E-state index in [9.17, 15) is 4.79 Å². The average Bonchev–Trinajstić information content (AvgIpc) is 2.61. The van der Waals surface area contributed by atoms with Crippen molar-refractivity contribution in [1.82, 2.24) is 10.2 Å². The van der Waals surface area contributed by atoms with Crippen LogP contribution in [0.3, 0.4) is 0 Å². The van der Waals surface area contributed by atoms with Crippen LogP contribution in [0.4, 0.5) is 0 Å². The largest absolute Gasteiger partial charge is 0.481 e. The summed E-state index contributed by atoms with van der Waals surface area (Å²) in [6.07, 6.45) is 1.41. The molecule has 2 rings (SSSR count). The number of carbonyl (C=O) groups is 1. The fraction of sp³-hybridized carbons (Fsp3) is 0.500. The standard InChI is InChI=1S/C6H6N2O2S/c9-5(10)6(1-2-6)4-8-7-3-11-4/h3H,1-2H2,(H,9,10). The van der Waals surface area contributed by atoms with Crippen LogP contribution >= 0.6 is 11.3 Å². The number of aromatic nitrogens is 2. The van der Waals surface area contributed by atoms with Crippen molar-refractivity contribution in [3.63, 3.8) is 0 Å². The van der Waals surface area contributed by atoms with Gasteiger partial charge in [0, 0.05) is 0 Å². The van der Waals surface area contributed by atoms with Gasteiger partial charge < -0.3 is 5.11 Å². The van der Waals surface area contributed by atoms with E-state index in [4.69, 9.17) is 5.11 Å². The van der Waals surface area contributed by atoms with Crippen LogP contribution in [-0.4, -0.2) is 21.3 Å². The molecule has 1 N–H and O–H groups in total. The highest BCUT2D eigenvalue weighted by Crippen LogP contribution is 2.48. The van der Waals surface area contributed by atoms with Gasteiger partial charge in [-0.25, -0.2) is 0 Å². The van der Waals surface area contributed by atoms with Crippen molar-refractivity contribution in [1.29, 1.82) is 0 Å². The van der Waals surface area contributed by atoms with E-state index in [1.165, 1.54) is 11.3 Å². The SMILES string of the molecule is O=C(O)C1(c2nncs2)CC1. The summed E-state index contributed by atoms with van der Waals surface area (Å²) in [6, 6.07) is 0. The molecular weight excluding hydrogens is 164 g/mol. The molecule has 1 saturated carbocycles. The first-order valence-electron chi connectivity index (χ1n) is 3.26. The number of carboxylic acids is 1. The maximum atomic E-state index is 10.7. The van der Waals surface area contributed by atoms with Crippen molar-refractivity contribution in [2.75, 3.05) is 0 Å². The van der Waals surface area contributed by atoms with E-state index >= 15 is 0 Å². The van der Waals surface area contributed by atoms with Crippen LogP contribution in [-0.2, 0) is 10.2 Å². The van der Waals surface area contributed by atoms with E-state index in [1.807, 2.05) is 0 Å². The van der Waals surface area contributed by atoms with E-state index in [2.05, 4.69) is 10.2 Å². The van der Waals surface area contributed by atoms with Gasteiger partial charge in [0.15, 0.2) is 0 Å². The second-order valence-electron chi connectivity index (χ2n) is 2.63. The van der Waals surface area contributed by atoms with Gasteiger partial charge in [0.05, 0.1) is 0 Å². The molecular formula is C6H6N2O2S. The predicted molar refractivity (Wildman–Crippen MR) is 38.5 cm³/mol. The summed E-state index contributed by atoms with van der Waals surface area (Å²) >= 11 is 1.32. The van der Waals surface area contributed by atoms with Gasteiger partial charge in [0.25, 0.3) is 0 Å². The molecule has 1 fully saturated rings. The normalized spacial score (nSPS) is 19.6. The molecule has 0 aliphatic heterocycles. The van der Waals surface area contributed by atoms with Gasteiger partial charge in [-0.1, -0.05) is 0 Å². The van der Waals surface area contributed by atoms with Crippen LogP contribution < -0.4 is 0 Å². The Morgan fingerprint density at radius 2 is 2.45 bits per heavy atom. The maximum absolute atomic E-state index is 10.7. The van der Waals surface area contributed by atoms with Crippen molar-refractivity contribution in [3.8, 4) is 0 Å². The first-order valence-corrected chi connectivity index (χ1v) is 4.14. The summed E-state index contributed by atoms with van der Waals surface area (Å²) in [5.41, 5.74) is 0.902. The van der Waals surface area contributed by atoms with Gasteiger partial charge in [-0.2, -0.15) is 0 Å². The molecule has 1 heterocycles. The van der Waals surface area contributed by atoms with Crippen molar-refractivity contribution < 1.29 is 9.90 Å². The maximum Gasteiger partial charge on any atom is 0.316 e. The molecule has 0 unspecified atom stereocenters. The average molecular weight is 170 g/mol. The second kappa shape index (κ2) is 2.01. The lowest BCUT2D eigenvalue weighted by Crippen LogP contribution is -2.19. The minimum Gasteiger partial charge on any atom is -0.481 e. The zero-order chi connectivity index (χ0) is 7.90. The summed E-state index contributed by atoms with van der Waals surface area (Å²) in [6.45, 7) is 0. The smallest absolute Gasteiger partial charge is 0.316 e. The van der Waals surface area contributed by atoms with Crippen LogP contribution in [0.15, 0.2) is 5.51 Å². The first-order chi connectivity index (χ1) is 5.26. The zero-order valence-corrected chi connectivity index (χ0v) is 6.47. The quantitative estimate of drug-likeness (QED) is 0.708. The lowest BCUT2D eigenvalue weighted by Gasteiger charge is -2.01. The van der Waals surface area contributed by atoms with Gasteiger partial charge in [-0.05, 0) is 12.8 Å². The minimum atomic E-state index is -0.769. The minimum absolute atomic E-state index is 0.644. The summed E-state index contributed by atoms with van der Waals surface area (Å²) in [5, 5.41) is 16.8. The van der Waals surface area contributed by atoms with Crippen molar-refractivity contribution in [3.05, 3.63) is 10.5 Å². The first kappa shape index (κ1) is 6.72. The molecule has 0 saturated heterocycles. The predicted octanol–water partition coefficient (Wildman–Crippen LogP) is 0.654. The molecule has 58 valence electrons. The van der Waals surface area contributed by atoms with E-state index in [-0.39, 0.29) is 0 Å². The Hall–Kier alpha value is -0.970. The van der Waals surface area contributed by atoms with E-state index in [0.29, 0.717) is 17.8 Å². The van der Waals surface area contributed by atoms with Crippen LogP contribution in [0.25, 0.3) is 0 Å². The molecule has 11 heavy (non-hydrogen) atoms. The van der Waals surface area contributed by atoms with Gasteiger partial charge in [0.2, 0.25) is 0 Å². The number of nitrogens with zero attached hydrogens (tertiary/aromatic N) is 2. The lowest BCUT2D eigenvalue weighted by atomic mass is 10.1. The Bertz CT molecular complexity index is 279. The molecule has 0 amide bonds. The van der Waals surface area contributed by atoms with E-state index in [0.717, 1.165) is 0 Å². The highest BCUT2D eigenvalue weighted by molar-refractivity contribution is 7.09. The Balaban J connectivity index is 2.36. The fourth-order valence-corrected chi connectivity index (χ4v) is 1.83. The number of aliphatic carboxylic acids is 1. The van der Waals surface area contributed by atoms with E-state index < -0.39 is 11.4 Å². The Morgan fingerprint density at radius 3 is 2.82 bits per heavy atom. The molecule has 5 heteroatoms. The molecule has 1 aliphatic carbocycles. The Kier molecular flexibility index (Phi) is 1.23. The third kappa shape index (κ3) is 0.841. The number of hydrogen-bond donors (Lipinski definition) is 1. The molecule has 1 aliphatic rings. The fourth-order valence-electron chi connectivity index (χ4n) is 1.03. The topological polar surface area (TPSA) is 63.1 Å². The van der Waals surface area contributed by atoms with Crippen molar-refractivity contribution in [2.45, 2.75) is 18.3 Å². The second-order valence-corrected chi connectivity index (χ2v) is 3.46. The molecule has 1 aromatic heterocycles. The van der Waals surface area contributed by atoms with Gasteiger partial charge >= 0.3 is 5.97 Å². The highest BCUT2D eigenvalue weighted by Gasteiger charge is 2.54. The Labute approximate surface area is 66.9 Å². The Morgan fingerprint density at radius 1 is 1.73 bits per heavy atom. The van der Waals surface area contributed by atoms with Crippen molar-refractivity contribution in [2.24, 2.45) is 0 Å². The third-order valence-corrected chi connectivity index (χ3v) is 2.82. The number of hydrogen-bond acceptors (Lipinski definition) is 4. The summed E-state index contributed by atoms with van der Waals surface area (Å²) < 4.78 is 0. The lowest BCUT2D eigenvalue weighted by molar-refractivity contribution is -0.140. The summed E-state index contributed by atoms with van der Waals surface area (Å²) in [5.74, 6) is -0.769.